The number of carbonyl (C=O) groups excluding carboxylic acids is 1. The number of ether oxygens (including phenoxy) is 1. The van der Waals surface area contributed by atoms with Gasteiger partial charge in [0.15, 0.2) is 0 Å². The Morgan fingerprint density at radius 1 is 1.76 bits per heavy atom. The van der Waals surface area contributed by atoms with Gasteiger partial charge >= 0.3 is 0 Å². The lowest BCUT2D eigenvalue weighted by Crippen LogP contribution is -2.36. The highest BCUT2D eigenvalue weighted by molar-refractivity contribution is 5.80. The van der Waals surface area contributed by atoms with E-state index in [2.05, 4.69) is 10.6 Å². The molecule has 5 nitrogen and oxygen atoms in total. The van der Waals surface area contributed by atoms with E-state index in [1.807, 2.05) is 6.07 Å². The Bertz CT molecular complexity index is 345. The average Bonchev–Trinajstić information content (AvgIpc) is 2.98. The van der Waals surface area contributed by atoms with E-state index in [4.69, 9.17) is 9.15 Å². The first-order valence-electron chi connectivity index (χ1n) is 5.92. The molecule has 2 heterocycles. The number of rotatable bonds is 5. The van der Waals surface area contributed by atoms with E-state index in [0.717, 1.165) is 25.3 Å². The molecule has 1 aromatic rings. The Balaban J connectivity index is 1.71. The summed E-state index contributed by atoms with van der Waals surface area (Å²) < 4.78 is 10.8. The van der Waals surface area contributed by atoms with Crippen LogP contribution in [0, 0.1) is 0 Å². The van der Waals surface area contributed by atoms with Crippen LogP contribution in [-0.4, -0.2) is 31.2 Å². The van der Waals surface area contributed by atoms with Crippen LogP contribution < -0.4 is 10.6 Å². The smallest absolute Gasteiger partial charge is 0.249 e. The van der Waals surface area contributed by atoms with Crippen LogP contribution in [0.2, 0.25) is 0 Å². The van der Waals surface area contributed by atoms with Crippen molar-refractivity contribution in [2.45, 2.75) is 32.1 Å². The number of hydrogen-bond acceptors (Lipinski definition) is 4. The highest BCUT2D eigenvalue weighted by Gasteiger charge is 2.21. The van der Waals surface area contributed by atoms with Crippen molar-refractivity contribution in [1.82, 2.24) is 10.6 Å². The van der Waals surface area contributed by atoms with Crippen molar-refractivity contribution in [3.8, 4) is 0 Å². The van der Waals surface area contributed by atoms with Crippen LogP contribution in [0.15, 0.2) is 22.8 Å². The predicted octanol–water partition coefficient (Wildman–Crippen LogP) is 0.663. The third-order valence-corrected chi connectivity index (χ3v) is 2.80. The van der Waals surface area contributed by atoms with Crippen molar-refractivity contribution in [2.24, 2.45) is 0 Å². The molecule has 5 heteroatoms. The summed E-state index contributed by atoms with van der Waals surface area (Å²) in [5, 5.41) is 5.98. The first-order chi connectivity index (χ1) is 8.25. The quantitative estimate of drug-likeness (QED) is 0.791. The number of nitrogens with one attached hydrogen (secondary N) is 2. The second kappa shape index (κ2) is 5.84. The van der Waals surface area contributed by atoms with Crippen LogP contribution in [0.3, 0.4) is 0 Å². The lowest BCUT2D eigenvalue weighted by atomic mass is 10.3. The van der Waals surface area contributed by atoms with Crippen molar-refractivity contribution in [2.75, 3.05) is 13.1 Å². The van der Waals surface area contributed by atoms with Crippen LogP contribution >= 0.6 is 0 Å². The van der Waals surface area contributed by atoms with Gasteiger partial charge in [-0.05, 0) is 32.0 Å². The van der Waals surface area contributed by atoms with Gasteiger partial charge in [0.25, 0.3) is 0 Å². The molecule has 0 bridgehead atoms. The van der Waals surface area contributed by atoms with Gasteiger partial charge in [-0.15, -0.1) is 0 Å². The minimum Gasteiger partial charge on any atom is -0.467 e. The zero-order valence-corrected chi connectivity index (χ0v) is 9.94. The van der Waals surface area contributed by atoms with Crippen LogP contribution in [0.5, 0.6) is 0 Å². The summed E-state index contributed by atoms with van der Waals surface area (Å²) in [6.07, 6.45) is 2.29. The molecule has 2 unspecified atom stereocenters. The van der Waals surface area contributed by atoms with E-state index in [9.17, 15) is 4.79 Å². The van der Waals surface area contributed by atoms with Crippen LogP contribution in [0.25, 0.3) is 0 Å². The Hall–Kier alpha value is -1.33. The van der Waals surface area contributed by atoms with E-state index in [1.165, 1.54) is 0 Å². The summed E-state index contributed by atoms with van der Waals surface area (Å²) in [6, 6.07) is 3.62. The highest BCUT2D eigenvalue weighted by Crippen LogP contribution is 2.07. The van der Waals surface area contributed by atoms with Crippen molar-refractivity contribution < 1.29 is 13.9 Å². The third kappa shape index (κ3) is 3.57. The lowest BCUT2D eigenvalue weighted by Gasteiger charge is -2.17. The monoisotopic (exact) mass is 238 g/mol. The summed E-state index contributed by atoms with van der Waals surface area (Å²) >= 11 is 0. The lowest BCUT2D eigenvalue weighted by molar-refractivity contribution is -0.134. The van der Waals surface area contributed by atoms with Gasteiger partial charge in [0.05, 0.1) is 18.9 Å². The average molecular weight is 238 g/mol. The highest BCUT2D eigenvalue weighted by atomic mass is 16.5. The molecule has 0 aromatic carbocycles. The first-order valence-corrected chi connectivity index (χ1v) is 5.92. The predicted molar refractivity (Wildman–Crippen MR) is 62.4 cm³/mol. The molecular formula is C12H18N2O3. The molecule has 94 valence electrons. The fraction of sp³-hybridized carbons (Fsp3) is 0.583. The Labute approximate surface area is 101 Å². The summed E-state index contributed by atoms with van der Waals surface area (Å²) in [7, 11) is 0. The van der Waals surface area contributed by atoms with Gasteiger partial charge in [-0.2, -0.15) is 0 Å². The van der Waals surface area contributed by atoms with E-state index >= 15 is 0 Å². The van der Waals surface area contributed by atoms with Gasteiger partial charge in [-0.3, -0.25) is 4.79 Å². The summed E-state index contributed by atoms with van der Waals surface area (Å²) in [6.45, 7) is 3.97. The van der Waals surface area contributed by atoms with Gasteiger partial charge in [0.1, 0.15) is 11.9 Å². The Kier molecular flexibility index (Phi) is 4.17. The Morgan fingerprint density at radius 3 is 3.29 bits per heavy atom. The van der Waals surface area contributed by atoms with Gasteiger partial charge in [-0.1, -0.05) is 0 Å². The minimum absolute atomic E-state index is 0.103. The summed E-state index contributed by atoms with van der Waals surface area (Å²) in [4.78, 5) is 11.7. The van der Waals surface area contributed by atoms with Crippen LogP contribution in [-0.2, 0) is 16.1 Å². The molecule has 0 aliphatic carbocycles. The molecule has 1 amide bonds. The first kappa shape index (κ1) is 12.1. The molecule has 17 heavy (non-hydrogen) atoms. The molecule has 1 fully saturated rings. The standard InChI is InChI=1S/C12H18N2O3/c1-9(17-11-4-5-13-7-11)12(15)14-8-10-3-2-6-16-10/h2-3,6,9,11,13H,4-5,7-8H2,1H3,(H,14,15). The Morgan fingerprint density at radius 2 is 2.65 bits per heavy atom. The normalized spacial score (nSPS) is 21.4. The molecule has 2 N–H and O–H groups in total. The molecule has 1 aliphatic rings. The third-order valence-electron chi connectivity index (χ3n) is 2.80. The second-order valence-electron chi connectivity index (χ2n) is 4.19. The maximum atomic E-state index is 11.7. The molecule has 1 saturated heterocycles. The molecule has 0 saturated carbocycles. The van der Waals surface area contributed by atoms with E-state index in [1.54, 1.807) is 19.3 Å². The zero-order chi connectivity index (χ0) is 12.1. The van der Waals surface area contributed by atoms with Gasteiger partial charge < -0.3 is 19.8 Å². The molecule has 1 aliphatic heterocycles. The number of amides is 1. The van der Waals surface area contributed by atoms with Crippen molar-refractivity contribution >= 4 is 5.91 Å². The molecule has 0 radical (unpaired) electrons. The maximum absolute atomic E-state index is 11.7. The molecule has 2 atom stereocenters. The zero-order valence-electron chi connectivity index (χ0n) is 9.94. The molecular weight excluding hydrogens is 220 g/mol. The molecule has 2 rings (SSSR count). The number of carbonyl (C=O) groups is 1. The fourth-order valence-electron chi connectivity index (χ4n) is 1.83. The van der Waals surface area contributed by atoms with Gasteiger partial charge in [0, 0.05) is 6.54 Å². The molecule has 0 spiro atoms. The topological polar surface area (TPSA) is 63.5 Å². The number of hydrogen-bond donors (Lipinski definition) is 2. The van der Waals surface area contributed by atoms with E-state index in [0.29, 0.717) is 6.54 Å². The van der Waals surface area contributed by atoms with E-state index < -0.39 is 6.10 Å². The second-order valence-corrected chi connectivity index (χ2v) is 4.19. The van der Waals surface area contributed by atoms with Gasteiger partial charge in [0.2, 0.25) is 5.91 Å². The largest absolute Gasteiger partial charge is 0.467 e. The SMILES string of the molecule is CC(OC1CCNC1)C(=O)NCc1ccco1. The summed E-state index contributed by atoms with van der Waals surface area (Å²) in [5.41, 5.74) is 0. The summed E-state index contributed by atoms with van der Waals surface area (Å²) in [5.74, 6) is 0.640. The van der Waals surface area contributed by atoms with E-state index in [-0.39, 0.29) is 12.0 Å². The minimum atomic E-state index is -0.421. The van der Waals surface area contributed by atoms with Crippen LogP contribution in [0.1, 0.15) is 19.1 Å². The van der Waals surface area contributed by atoms with Crippen molar-refractivity contribution in [3.63, 3.8) is 0 Å². The number of furan rings is 1. The van der Waals surface area contributed by atoms with Crippen molar-refractivity contribution in [1.29, 1.82) is 0 Å². The van der Waals surface area contributed by atoms with Gasteiger partial charge in [-0.25, -0.2) is 0 Å². The fourth-order valence-corrected chi connectivity index (χ4v) is 1.83. The maximum Gasteiger partial charge on any atom is 0.249 e. The molecule has 1 aromatic heterocycles. The van der Waals surface area contributed by atoms with Crippen molar-refractivity contribution in [3.05, 3.63) is 24.2 Å². The van der Waals surface area contributed by atoms with Crippen LogP contribution in [0.4, 0.5) is 0 Å².